The summed E-state index contributed by atoms with van der Waals surface area (Å²) in [6, 6.07) is 1.76. The molecule has 1 fully saturated rings. The van der Waals surface area contributed by atoms with Crippen molar-refractivity contribution in [3.05, 3.63) is 22.7 Å². The van der Waals surface area contributed by atoms with Gasteiger partial charge in [0.05, 0.1) is 6.10 Å². The van der Waals surface area contributed by atoms with Crippen molar-refractivity contribution in [1.29, 1.82) is 0 Å². The highest BCUT2D eigenvalue weighted by Gasteiger charge is 2.25. The molecule has 4 heteroatoms. The van der Waals surface area contributed by atoms with Crippen molar-refractivity contribution in [3.63, 3.8) is 0 Å². The molecule has 0 radical (unpaired) electrons. The molecule has 0 aliphatic heterocycles. The lowest BCUT2D eigenvalue weighted by atomic mass is 9.80. The SMILES string of the molecule is Cc1cc(Cl)nc(COC2CCC(C)C(C)C2)n1. The van der Waals surface area contributed by atoms with Gasteiger partial charge in [-0.25, -0.2) is 9.97 Å². The third-order valence-corrected chi connectivity index (χ3v) is 4.06. The average Bonchev–Trinajstić information content (AvgIpc) is 2.29. The zero-order valence-electron chi connectivity index (χ0n) is 11.3. The maximum Gasteiger partial charge on any atom is 0.155 e. The van der Waals surface area contributed by atoms with Crippen molar-refractivity contribution >= 4 is 11.6 Å². The minimum absolute atomic E-state index is 0.346. The number of halogens is 1. The van der Waals surface area contributed by atoms with Crippen molar-refractivity contribution < 1.29 is 4.74 Å². The molecular weight excluding hydrogens is 248 g/mol. The van der Waals surface area contributed by atoms with Gasteiger partial charge in [0.2, 0.25) is 0 Å². The average molecular weight is 269 g/mol. The highest BCUT2D eigenvalue weighted by Crippen LogP contribution is 2.31. The Morgan fingerprint density at radius 3 is 2.72 bits per heavy atom. The number of aryl methyl sites for hydroxylation is 1. The van der Waals surface area contributed by atoms with E-state index < -0.39 is 0 Å². The molecule has 1 aliphatic rings. The minimum Gasteiger partial charge on any atom is -0.370 e. The minimum atomic E-state index is 0.346. The Hall–Kier alpha value is -0.670. The van der Waals surface area contributed by atoms with Crippen molar-refractivity contribution in [3.8, 4) is 0 Å². The standard InChI is InChI=1S/C14H21ClN2O/c1-9-4-5-12(6-10(9)2)18-8-14-16-11(3)7-13(15)17-14/h7,9-10,12H,4-6,8H2,1-3H3. The van der Waals surface area contributed by atoms with Gasteiger partial charge >= 0.3 is 0 Å². The summed E-state index contributed by atoms with van der Waals surface area (Å²) in [7, 11) is 0. The smallest absolute Gasteiger partial charge is 0.155 e. The number of aromatic nitrogens is 2. The van der Waals surface area contributed by atoms with Crippen LogP contribution in [0, 0.1) is 18.8 Å². The van der Waals surface area contributed by atoms with Gasteiger partial charge in [0, 0.05) is 5.69 Å². The van der Waals surface area contributed by atoms with Crippen LogP contribution in [0.4, 0.5) is 0 Å². The molecule has 3 nitrogen and oxygen atoms in total. The van der Waals surface area contributed by atoms with Gasteiger partial charge in [0.1, 0.15) is 11.8 Å². The summed E-state index contributed by atoms with van der Waals surface area (Å²) in [6.07, 6.45) is 3.88. The van der Waals surface area contributed by atoms with E-state index >= 15 is 0 Å². The van der Waals surface area contributed by atoms with Crippen LogP contribution in [0.5, 0.6) is 0 Å². The third kappa shape index (κ3) is 3.66. The predicted molar refractivity (Wildman–Crippen MR) is 72.5 cm³/mol. The van der Waals surface area contributed by atoms with Gasteiger partial charge in [-0.15, -0.1) is 0 Å². The van der Waals surface area contributed by atoms with Crippen molar-refractivity contribution in [2.75, 3.05) is 0 Å². The van der Waals surface area contributed by atoms with Crippen LogP contribution in [0.3, 0.4) is 0 Å². The summed E-state index contributed by atoms with van der Waals surface area (Å²) in [5.41, 5.74) is 0.888. The Balaban J connectivity index is 1.88. The molecule has 1 saturated carbocycles. The molecule has 0 aromatic carbocycles. The van der Waals surface area contributed by atoms with Crippen LogP contribution in [-0.4, -0.2) is 16.1 Å². The number of ether oxygens (including phenoxy) is 1. The zero-order valence-corrected chi connectivity index (χ0v) is 12.1. The van der Waals surface area contributed by atoms with E-state index in [9.17, 15) is 0 Å². The van der Waals surface area contributed by atoms with E-state index in [-0.39, 0.29) is 0 Å². The number of nitrogens with zero attached hydrogens (tertiary/aromatic N) is 2. The van der Waals surface area contributed by atoms with Crippen molar-refractivity contribution in [2.45, 2.75) is 52.7 Å². The van der Waals surface area contributed by atoms with Crippen LogP contribution >= 0.6 is 11.6 Å². The summed E-state index contributed by atoms with van der Waals surface area (Å²) < 4.78 is 5.91. The van der Waals surface area contributed by atoms with Gasteiger partial charge in [-0.3, -0.25) is 0 Å². The van der Waals surface area contributed by atoms with Gasteiger partial charge in [-0.1, -0.05) is 25.4 Å². The van der Waals surface area contributed by atoms with Gasteiger partial charge in [0.25, 0.3) is 0 Å². The molecule has 0 amide bonds. The maximum absolute atomic E-state index is 5.91. The van der Waals surface area contributed by atoms with E-state index in [1.165, 1.54) is 6.42 Å². The van der Waals surface area contributed by atoms with Crippen molar-refractivity contribution in [2.24, 2.45) is 11.8 Å². The van der Waals surface area contributed by atoms with Crippen LogP contribution in [0.2, 0.25) is 5.15 Å². The first-order valence-corrected chi connectivity index (χ1v) is 7.04. The fourth-order valence-electron chi connectivity index (χ4n) is 2.50. The first-order valence-electron chi connectivity index (χ1n) is 6.66. The Bertz CT molecular complexity index is 391. The molecule has 2 rings (SSSR count). The lowest BCUT2D eigenvalue weighted by molar-refractivity contribution is -0.0102. The topological polar surface area (TPSA) is 35.0 Å². The Morgan fingerprint density at radius 2 is 2.06 bits per heavy atom. The van der Waals surface area contributed by atoms with Crippen LogP contribution in [-0.2, 0) is 11.3 Å². The lowest BCUT2D eigenvalue weighted by Gasteiger charge is -2.31. The van der Waals surface area contributed by atoms with Crippen LogP contribution in [0.25, 0.3) is 0 Å². The van der Waals surface area contributed by atoms with E-state index in [0.29, 0.717) is 23.7 Å². The molecule has 3 unspecified atom stereocenters. The first kappa shape index (κ1) is 13.8. The quantitative estimate of drug-likeness (QED) is 0.783. The van der Waals surface area contributed by atoms with E-state index in [1.54, 1.807) is 6.07 Å². The Labute approximate surface area is 114 Å². The molecule has 0 saturated heterocycles. The number of hydrogen-bond donors (Lipinski definition) is 0. The Morgan fingerprint density at radius 1 is 1.28 bits per heavy atom. The molecule has 3 atom stereocenters. The fourth-order valence-corrected chi connectivity index (χ4v) is 2.75. The predicted octanol–water partition coefficient (Wildman–Crippen LogP) is 3.78. The summed E-state index contributed by atoms with van der Waals surface area (Å²) in [5.74, 6) is 2.24. The first-order chi connectivity index (χ1) is 8.54. The lowest BCUT2D eigenvalue weighted by Crippen LogP contribution is -2.26. The largest absolute Gasteiger partial charge is 0.370 e. The van der Waals surface area contributed by atoms with Gasteiger partial charge in [0.15, 0.2) is 5.82 Å². The van der Waals surface area contributed by atoms with E-state index in [2.05, 4.69) is 23.8 Å². The van der Waals surface area contributed by atoms with Crippen LogP contribution in [0.1, 0.15) is 44.6 Å². The number of hydrogen-bond acceptors (Lipinski definition) is 3. The van der Waals surface area contributed by atoms with Crippen LogP contribution < -0.4 is 0 Å². The molecule has 0 N–H and O–H groups in total. The van der Waals surface area contributed by atoms with Crippen LogP contribution in [0.15, 0.2) is 6.07 Å². The highest BCUT2D eigenvalue weighted by molar-refractivity contribution is 6.29. The molecule has 1 aliphatic carbocycles. The maximum atomic E-state index is 5.91. The summed E-state index contributed by atoms with van der Waals surface area (Å²) in [4.78, 5) is 8.51. The second kappa shape index (κ2) is 5.98. The van der Waals surface area contributed by atoms with Gasteiger partial charge in [-0.2, -0.15) is 0 Å². The second-order valence-corrected chi connectivity index (χ2v) is 5.84. The fraction of sp³-hybridized carbons (Fsp3) is 0.714. The third-order valence-electron chi connectivity index (χ3n) is 3.87. The van der Waals surface area contributed by atoms with Gasteiger partial charge in [-0.05, 0) is 44.1 Å². The molecule has 0 bridgehead atoms. The molecule has 1 heterocycles. The zero-order chi connectivity index (χ0) is 13.1. The van der Waals surface area contributed by atoms with Crippen molar-refractivity contribution in [1.82, 2.24) is 9.97 Å². The normalized spacial score (nSPS) is 28.3. The highest BCUT2D eigenvalue weighted by atomic mass is 35.5. The number of rotatable bonds is 3. The van der Waals surface area contributed by atoms with E-state index in [4.69, 9.17) is 16.3 Å². The molecular formula is C14H21ClN2O. The summed E-state index contributed by atoms with van der Waals surface area (Å²) in [5, 5.41) is 0.492. The monoisotopic (exact) mass is 268 g/mol. The van der Waals surface area contributed by atoms with E-state index in [0.717, 1.165) is 30.4 Å². The van der Waals surface area contributed by atoms with E-state index in [1.807, 2.05) is 6.92 Å². The van der Waals surface area contributed by atoms with Gasteiger partial charge < -0.3 is 4.74 Å². The summed E-state index contributed by atoms with van der Waals surface area (Å²) >= 11 is 5.91. The molecule has 1 aromatic rings. The summed E-state index contributed by atoms with van der Waals surface area (Å²) in [6.45, 7) is 7.01. The Kier molecular flexibility index (Phi) is 4.57. The second-order valence-electron chi connectivity index (χ2n) is 5.45. The molecule has 0 spiro atoms. The molecule has 18 heavy (non-hydrogen) atoms. The molecule has 100 valence electrons. The molecule has 1 aromatic heterocycles.